The highest BCUT2D eigenvalue weighted by molar-refractivity contribution is 5.51. The van der Waals surface area contributed by atoms with Crippen molar-refractivity contribution in [3.8, 4) is 0 Å². The number of rotatable bonds is 8. The molecule has 0 heteroatoms. The summed E-state index contributed by atoms with van der Waals surface area (Å²) >= 11 is 0. The molecule has 0 heterocycles. The Balaban J connectivity index is 2.17. The van der Waals surface area contributed by atoms with Crippen molar-refractivity contribution in [3.05, 3.63) is 41.5 Å². The quantitative estimate of drug-likeness (QED) is 0.492. The molecule has 0 saturated carbocycles. The normalized spacial score (nSPS) is 11.8. The highest BCUT2D eigenvalue weighted by Gasteiger charge is 1.93. The van der Waals surface area contributed by atoms with E-state index in [1.54, 1.807) is 0 Å². The number of unbranched alkanes of at least 4 members (excludes halogenated alkanes) is 5. The molecule has 0 aliphatic rings. The lowest BCUT2D eigenvalue weighted by atomic mass is 10.0. The summed E-state index contributed by atoms with van der Waals surface area (Å²) in [5.41, 5.74) is 2.84. The van der Waals surface area contributed by atoms with Crippen molar-refractivity contribution in [1.29, 1.82) is 0 Å². The molecule has 0 atom stereocenters. The van der Waals surface area contributed by atoms with Gasteiger partial charge in [0.15, 0.2) is 0 Å². The molecule has 0 aliphatic carbocycles. The third kappa shape index (κ3) is 6.99. The zero-order valence-electron chi connectivity index (χ0n) is 11.4. The first-order valence-electron chi connectivity index (χ1n) is 7.05. The van der Waals surface area contributed by atoms with Crippen LogP contribution in [0.2, 0.25) is 0 Å². The monoisotopic (exact) mass is 230 g/mol. The summed E-state index contributed by atoms with van der Waals surface area (Å²) in [6.45, 7) is 4.52. The Morgan fingerprint density at radius 2 is 1.59 bits per heavy atom. The van der Waals surface area contributed by atoms with E-state index in [1.807, 2.05) is 0 Å². The molecule has 0 spiro atoms. The lowest BCUT2D eigenvalue weighted by Crippen LogP contribution is -1.82. The molecular weight excluding hydrogens is 204 g/mol. The van der Waals surface area contributed by atoms with Gasteiger partial charge in [-0.05, 0) is 25.3 Å². The fourth-order valence-electron chi connectivity index (χ4n) is 2.09. The van der Waals surface area contributed by atoms with Crippen molar-refractivity contribution in [2.75, 3.05) is 0 Å². The Hall–Kier alpha value is -1.04. The van der Waals surface area contributed by atoms with Gasteiger partial charge in [-0.3, -0.25) is 0 Å². The van der Waals surface area contributed by atoms with Gasteiger partial charge in [0.2, 0.25) is 0 Å². The highest BCUT2D eigenvalue weighted by Crippen LogP contribution is 2.14. The molecule has 0 saturated heterocycles. The van der Waals surface area contributed by atoms with Crippen LogP contribution < -0.4 is 0 Å². The SMILES string of the molecule is CCCCCCCCC(C)=Cc1ccccc1. The van der Waals surface area contributed by atoms with E-state index in [1.165, 1.54) is 56.1 Å². The molecule has 1 aromatic rings. The summed E-state index contributed by atoms with van der Waals surface area (Å²) in [6.07, 6.45) is 11.9. The van der Waals surface area contributed by atoms with Crippen molar-refractivity contribution < 1.29 is 0 Å². The predicted octanol–water partition coefficient (Wildman–Crippen LogP) is 5.84. The lowest BCUT2D eigenvalue weighted by molar-refractivity contribution is 0.607. The largest absolute Gasteiger partial charge is 0.0727 e. The van der Waals surface area contributed by atoms with Gasteiger partial charge in [0.1, 0.15) is 0 Å². The van der Waals surface area contributed by atoms with Crippen molar-refractivity contribution in [2.24, 2.45) is 0 Å². The second-order valence-electron chi connectivity index (χ2n) is 4.92. The Morgan fingerprint density at radius 3 is 2.29 bits per heavy atom. The Morgan fingerprint density at radius 1 is 0.941 bits per heavy atom. The Bertz CT molecular complexity index is 308. The predicted molar refractivity (Wildman–Crippen MR) is 78.1 cm³/mol. The van der Waals surface area contributed by atoms with Gasteiger partial charge < -0.3 is 0 Å². The molecule has 1 aromatic carbocycles. The minimum atomic E-state index is 1.25. The molecule has 1 rings (SSSR count). The standard InChI is InChI=1S/C17H26/c1-3-4-5-6-7-9-12-16(2)15-17-13-10-8-11-14-17/h8,10-11,13-15H,3-7,9,12H2,1-2H3. The molecule has 0 unspecified atom stereocenters. The van der Waals surface area contributed by atoms with E-state index < -0.39 is 0 Å². The molecule has 0 N–H and O–H groups in total. The third-order valence-corrected chi connectivity index (χ3v) is 3.14. The molecule has 0 amide bonds. The number of benzene rings is 1. The molecule has 94 valence electrons. The third-order valence-electron chi connectivity index (χ3n) is 3.14. The van der Waals surface area contributed by atoms with Gasteiger partial charge in [-0.15, -0.1) is 0 Å². The summed E-state index contributed by atoms with van der Waals surface area (Å²) in [5.74, 6) is 0. The van der Waals surface area contributed by atoms with Crippen LogP contribution >= 0.6 is 0 Å². The zero-order valence-corrected chi connectivity index (χ0v) is 11.4. The lowest BCUT2D eigenvalue weighted by Gasteiger charge is -2.02. The van der Waals surface area contributed by atoms with Crippen LogP contribution in [-0.4, -0.2) is 0 Å². The van der Waals surface area contributed by atoms with Crippen LogP contribution in [0.15, 0.2) is 35.9 Å². The summed E-state index contributed by atoms with van der Waals surface area (Å²) in [6, 6.07) is 10.6. The summed E-state index contributed by atoms with van der Waals surface area (Å²) in [7, 11) is 0. The van der Waals surface area contributed by atoms with Gasteiger partial charge in [-0.25, -0.2) is 0 Å². The summed E-state index contributed by atoms with van der Waals surface area (Å²) in [4.78, 5) is 0. The van der Waals surface area contributed by atoms with Gasteiger partial charge in [0.05, 0.1) is 0 Å². The molecule has 0 bridgehead atoms. The Kier molecular flexibility index (Phi) is 7.46. The van der Waals surface area contributed by atoms with Gasteiger partial charge in [0.25, 0.3) is 0 Å². The zero-order chi connectivity index (χ0) is 12.3. The molecule has 0 radical (unpaired) electrons. The highest BCUT2D eigenvalue weighted by atomic mass is 14.0. The van der Waals surface area contributed by atoms with Crippen LogP contribution in [0.3, 0.4) is 0 Å². The second kappa shape index (κ2) is 9.04. The Labute approximate surface area is 107 Å². The van der Waals surface area contributed by atoms with Crippen LogP contribution in [0.1, 0.15) is 64.4 Å². The van der Waals surface area contributed by atoms with Gasteiger partial charge in [0, 0.05) is 0 Å². The van der Waals surface area contributed by atoms with Crippen LogP contribution in [0.5, 0.6) is 0 Å². The van der Waals surface area contributed by atoms with E-state index in [2.05, 4.69) is 50.3 Å². The number of allylic oxidation sites excluding steroid dienone is 1. The fraction of sp³-hybridized carbons (Fsp3) is 0.529. The first-order valence-corrected chi connectivity index (χ1v) is 7.05. The topological polar surface area (TPSA) is 0 Å². The average molecular weight is 230 g/mol. The van der Waals surface area contributed by atoms with Crippen LogP contribution in [0, 0.1) is 0 Å². The van der Waals surface area contributed by atoms with Crippen LogP contribution in [-0.2, 0) is 0 Å². The average Bonchev–Trinajstić information content (AvgIpc) is 2.35. The van der Waals surface area contributed by atoms with Crippen molar-refractivity contribution in [1.82, 2.24) is 0 Å². The minimum Gasteiger partial charge on any atom is -0.0727 e. The van der Waals surface area contributed by atoms with E-state index in [-0.39, 0.29) is 0 Å². The maximum absolute atomic E-state index is 2.31. The summed E-state index contributed by atoms with van der Waals surface area (Å²) < 4.78 is 0. The first kappa shape index (κ1) is 14.0. The maximum atomic E-state index is 2.31. The van der Waals surface area contributed by atoms with Crippen LogP contribution in [0.25, 0.3) is 6.08 Å². The fourth-order valence-corrected chi connectivity index (χ4v) is 2.09. The van der Waals surface area contributed by atoms with Gasteiger partial charge in [-0.2, -0.15) is 0 Å². The molecule has 0 fully saturated rings. The van der Waals surface area contributed by atoms with Crippen molar-refractivity contribution >= 4 is 6.08 Å². The second-order valence-corrected chi connectivity index (χ2v) is 4.92. The smallest absolute Gasteiger partial charge is 0.0257 e. The van der Waals surface area contributed by atoms with E-state index in [4.69, 9.17) is 0 Å². The van der Waals surface area contributed by atoms with Crippen LogP contribution in [0.4, 0.5) is 0 Å². The molecule has 0 aliphatic heterocycles. The molecular formula is C17H26. The van der Waals surface area contributed by atoms with Gasteiger partial charge in [-0.1, -0.05) is 81.0 Å². The first-order chi connectivity index (χ1) is 8.33. The van der Waals surface area contributed by atoms with E-state index >= 15 is 0 Å². The van der Waals surface area contributed by atoms with Crippen molar-refractivity contribution in [2.45, 2.75) is 58.8 Å². The van der Waals surface area contributed by atoms with Gasteiger partial charge >= 0.3 is 0 Å². The molecule has 0 nitrogen and oxygen atoms in total. The van der Waals surface area contributed by atoms with E-state index in [0.29, 0.717) is 0 Å². The van der Waals surface area contributed by atoms with Crippen molar-refractivity contribution in [3.63, 3.8) is 0 Å². The summed E-state index contributed by atoms with van der Waals surface area (Å²) in [5, 5.41) is 0. The van der Waals surface area contributed by atoms with E-state index in [9.17, 15) is 0 Å². The molecule has 0 aromatic heterocycles. The number of hydrogen-bond acceptors (Lipinski definition) is 0. The van der Waals surface area contributed by atoms with E-state index in [0.717, 1.165) is 0 Å². The minimum absolute atomic E-state index is 1.25. The number of hydrogen-bond donors (Lipinski definition) is 0. The maximum Gasteiger partial charge on any atom is -0.0257 e. The molecule has 17 heavy (non-hydrogen) atoms.